The monoisotopic (exact) mass is 2230 g/mol. The van der Waals surface area contributed by atoms with Crippen LogP contribution in [-0.4, -0.2) is 112 Å². The average Bonchev–Trinajstić information content (AvgIpc) is 1.61. The highest BCUT2D eigenvalue weighted by atomic mass is 80.9. The van der Waals surface area contributed by atoms with Crippen LogP contribution in [0.1, 0.15) is 392 Å². The lowest BCUT2D eigenvalue weighted by atomic mass is 9.44. The van der Waals surface area contributed by atoms with Gasteiger partial charge in [0.1, 0.15) is 23.6 Å². The smallest absolute Gasteiger partial charge is 0.158 e. The first kappa shape index (κ1) is 118. The molecule has 0 unspecified atom stereocenters. The molecule has 36 atom stereocenters. The summed E-state index contributed by atoms with van der Waals surface area (Å²) < 4.78 is 3.74. The molecule has 0 aromatic carbocycles. The van der Waals surface area contributed by atoms with Gasteiger partial charge < -0.3 is 20.4 Å². The summed E-state index contributed by atoms with van der Waals surface area (Å²) in [4.78, 5) is 70.5. The van der Waals surface area contributed by atoms with Gasteiger partial charge in [0.15, 0.2) is 11.6 Å². The Morgan fingerprint density at radius 2 is 0.720 bits per heavy atom. The third-order valence-electron chi connectivity index (χ3n) is 46.1. The van der Waals surface area contributed by atoms with Crippen molar-refractivity contribution >= 4 is 112 Å². The minimum Gasteiger partial charge on any atom is -0.390 e. The summed E-state index contributed by atoms with van der Waals surface area (Å²) in [5, 5.41) is 54.9. The van der Waals surface area contributed by atoms with Gasteiger partial charge in [0.2, 0.25) is 0 Å². The fourth-order valence-electron chi connectivity index (χ4n) is 38.9. The zero-order valence-corrected chi connectivity index (χ0v) is 95.6. The summed E-state index contributed by atoms with van der Waals surface area (Å²) in [6.45, 7) is 50.4. The molecule has 22 rings (SSSR count). The Morgan fingerprint density at radius 3 is 1.07 bits per heavy atom. The van der Waals surface area contributed by atoms with Gasteiger partial charge in [0.05, 0.1) is 64.9 Å². The number of aliphatic imine (C=N–C) groups is 1. The van der Waals surface area contributed by atoms with Crippen LogP contribution in [0.15, 0.2) is 72.8 Å². The third kappa shape index (κ3) is 21.5. The van der Waals surface area contributed by atoms with E-state index in [2.05, 4.69) is 213 Å². The highest BCUT2D eigenvalue weighted by molar-refractivity contribution is 9.93. The van der Waals surface area contributed by atoms with Crippen LogP contribution in [-0.2, 0) is 38.8 Å². The number of fused-ring (bicyclic) bond motifs is 23. The highest BCUT2D eigenvalue weighted by Gasteiger charge is 2.70. The molecule has 5 aromatic heterocycles. The van der Waals surface area contributed by atoms with Crippen LogP contribution in [0.5, 0.6) is 0 Å². The van der Waals surface area contributed by atoms with Crippen LogP contribution in [0, 0.1) is 209 Å². The Kier molecular flexibility index (Phi) is 36.8. The van der Waals surface area contributed by atoms with E-state index >= 15 is 0 Å². The average molecular weight is 2230 g/mol. The molecule has 20 heteroatoms. The number of nitrogens with zero attached hydrogens (tertiary/aromatic N) is 8. The molecule has 16 fully saturated rings. The molecule has 0 amide bonds. The number of aromatic nitrogens is 7. The Morgan fingerprint density at radius 1 is 0.392 bits per heavy atom. The number of carbonyl (C=O) groups is 4. The molecule has 0 radical (unpaired) electrons. The molecule has 16 nitrogen and oxygen atoms in total. The van der Waals surface area contributed by atoms with Crippen molar-refractivity contribution < 1.29 is 39.6 Å². The maximum absolute atomic E-state index is 14.1. The SMILES string of the molecule is Br.BrBr.C.C.C.C.C1=NCc2cnccc21.CC(=O)[C@H]1[C@H](C(C)C)C[C@H]2[C@@H]3CC[C@H]4C[C@](C)(O)CC[C@]4(C)[C@H]3CC[C@@]21C.CC(C)[C@@H]1C[C@H]2[C@@H]3CC[C@H]4C[C@](C)(O)CC[C@]4(C)[C@H]3CC[C@]2(C)[C@H]1C(=O)CBr.CC(C)[C@@H]1C[C@H]2[C@@H]3CC[C@H]4C[C@](C)(O)CC[C@]4(C)[C@H]3CC[C@]2(C)[C@H]1C(=O)Cn1cc2ccncc2n1.CC(C)[C@@H]1C[C@H]2[C@@H]3CC[C@H]4C[C@](C)(O)CC[C@]4(C)[C@H]3CC[C@]2(C)[C@H]1C(=O)Cn1ncc2ccncc21. The molecule has 0 spiro atoms. The third-order valence-corrected chi connectivity index (χ3v) is 46.7. The van der Waals surface area contributed by atoms with Gasteiger partial charge in [-0.25, -0.2) is 0 Å². The number of Topliss-reactive ketones (excluding diaryl/α,β-unsaturated/α-hetero) is 4. The first-order valence-corrected chi connectivity index (χ1v) is 60.5. The van der Waals surface area contributed by atoms with Crippen molar-refractivity contribution in [3.8, 4) is 0 Å². The largest absolute Gasteiger partial charge is 0.390 e. The molecule has 143 heavy (non-hydrogen) atoms. The number of aliphatic hydroxyl groups is 4. The summed E-state index contributed by atoms with van der Waals surface area (Å²) in [5.74, 6) is 18.2. The molecular formula is C123H196Br4N8O8. The normalized spacial score (nSPS) is 44.1. The van der Waals surface area contributed by atoms with E-state index in [1.807, 2.05) is 65.5 Å². The van der Waals surface area contributed by atoms with E-state index in [0.29, 0.717) is 152 Å². The van der Waals surface area contributed by atoms with E-state index in [9.17, 15) is 39.6 Å². The van der Waals surface area contributed by atoms with Crippen LogP contribution < -0.4 is 0 Å². The van der Waals surface area contributed by atoms with Crippen molar-refractivity contribution in [1.29, 1.82) is 0 Å². The summed E-state index contributed by atoms with van der Waals surface area (Å²) in [5.41, 5.74) is 4.49. The Hall–Kier alpha value is -3.50. The number of alkyl halides is 1. The van der Waals surface area contributed by atoms with E-state index in [1.165, 1.54) is 152 Å². The summed E-state index contributed by atoms with van der Waals surface area (Å²) in [7, 11) is 0. The van der Waals surface area contributed by atoms with Gasteiger partial charge in [-0.3, -0.25) is 48.5 Å². The van der Waals surface area contributed by atoms with Crippen molar-refractivity contribution in [1.82, 2.24) is 34.5 Å². The Labute approximate surface area is 900 Å². The first-order valence-electron chi connectivity index (χ1n) is 55.7. The number of ketones is 4. The van der Waals surface area contributed by atoms with Crippen molar-refractivity contribution in [2.24, 2.45) is 214 Å². The quantitative estimate of drug-likeness (QED) is 0.0804. The van der Waals surface area contributed by atoms with Gasteiger partial charge in [-0.15, -0.1) is 17.0 Å². The molecule has 16 aliphatic carbocycles. The molecule has 16 saturated carbocycles. The molecule has 6 heterocycles. The van der Waals surface area contributed by atoms with E-state index in [1.54, 1.807) is 24.8 Å². The van der Waals surface area contributed by atoms with E-state index in [-0.39, 0.29) is 92.0 Å². The standard InChI is InChI=1S/2C31H45N3O2.C25H41BrO2.C25H42O2.C7H6N2.4CH4.Br2.BrH/c1-19(2)23-14-25-22-7-6-21-15-29(3,36)11-12-30(21,4)24(22)8-10-31(25,5)28(23)27(35)18-34-17-20-9-13-32-16-26(20)33-34;1-19(2)23-14-25-22-7-6-21-15-29(3,36)11-12-30(21,4)24(22)8-10-31(25,5)28(23)27(35)18-34-26-17-32-13-9-20(26)16-33-34;1-15(2)18-12-20-17-7-6-16-13-23(3,28)10-11-24(16,4)19(17)8-9-25(20,5)22(18)21(27)14-26;1-15(2)19-13-21-18-8-7-17-14-23(4,27)11-12-24(17,5)20(18)9-10-25(21,6)22(19)16(3)26;1-2-8-4-7-5-9-3-6(1)7;;;;;1-2;/h2*9,13,16-17,19,21-25,28,36H,6-8,10-12,14-15,18H2,1-5H3;15-20,22,28H,6-14H2,1-5H3;15,17-22,27H,7-14H2,1-6H3;1-4H,5H2;4*1H4;;1H/t2*21-,22+,23-,24-,25-,28+,29+,30-,31-;16-,17+,18-,19-,20-,22+,23+,24-,25-;17-,18+,19-,20-,21-,22-,23+,24-,25-;;;;;;;/m0000......./s1. The maximum atomic E-state index is 14.1. The first-order chi connectivity index (χ1) is 65.0. The number of halogens is 4. The van der Waals surface area contributed by atoms with Gasteiger partial charge in [0.25, 0.3) is 0 Å². The van der Waals surface area contributed by atoms with Crippen LogP contribution in [0.4, 0.5) is 0 Å². The van der Waals surface area contributed by atoms with Crippen molar-refractivity contribution in [3.63, 3.8) is 0 Å². The number of hydrogen-bond acceptors (Lipinski definition) is 14. The molecule has 0 bridgehead atoms. The lowest BCUT2D eigenvalue weighted by molar-refractivity contribution is -0.151. The molecule has 4 N–H and O–H groups in total. The van der Waals surface area contributed by atoms with Crippen molar-refractivity contribution in [2.45, 2.75) is 423 Å². The number of pyridine rings is 3. The topological polar surface area (TPSA) is 236 Å². The molecular weight excluding hydrogens is 2040 g/mol. The minimum atomic E-state index is -0.486. The zero-order valence-electron chi connectivity index (χ0n) is 89.1. The van der Waals surface area contributed by atoms with Crippen LogP contribution >= 0.6 is 61.2 Å². The number of carbonyl (C=O) groups excluding carboxylic acids is 4. The fraction of sp³-hybridized carbons (Fsp3) is 0.821. The summed E-state index contributed by atoms with van der Waals surface area (Å²) >= 11 is 9.00. The summed E-state index contributed by atoms with van der Waals surface area (Å²) in [6.07, 6.45) is 54.1. The van der Waals surface area contributed by atoms with Gasteiger partial charge >= 0.3 is 0 Å². The Bertz CT molecular complexity index is 5170. The molecule has 1 aliphatic heterocycles. The van der Waals surface area contributed by atoms with Crippen LogP contribution in [0.2, 0.25) is 0 Å². The molecule has 0 saturated heterocycles. The van der Waals surface area contributed by atoms with Crippen LogP contribution in [0.25, 0.3) is 21.8 Å². The lowest BCUT2D eigenvalue weighted by Crippen LogP contribution is -2.55. The van der Waals surface area contributed by atoms with Gasteiger partial charge in [-0.2, -0.15) is 10.2 Å². The molecule has 804 valence electrons. The number of hydrogen-bond donors (Lipinski definition) is 4. The molecule has 5 aromatic rings. The van der Waals surface area contributed by atoms with E-state index < -0.39 is 22.4 Å². The number of rotatable bonds is 13. The van der Waals surface area contributed by atoms with Crippen LogP contribution in [0.3, 0.4) is 0 Å². The van der Waals surface area contributed by atoms with E-state index in [0.717, 1.165) is 146 Å². The summed E-state index contributed by atoms with van der Waals surface area (Å²) in [6, 6.07) is 5.91. The lowest BCUT2D eigenvalue weighted by Gasteiger charge is -2.61. The second-order valence-corrected chi connectivity index (χ2v) is 55.3. The van der Waals surface area contributed by atoms with Crippen molar-refractivity contribution in [3.05, 3.63) is 78.9 Å². The zero-order chi connectivity index (χ0) is 99.3. The molecule has 17 aliphatic rings. The second-order valence-electron chi connectivity index (χ2n) is 54.8. The second kappa shape index (κ2) is 44.5. The van der Waals surface area contributed by atoms with Gasteiger partial charge in [0, 0.05) is 111 Å². The van der Waals surface area contributed by atoms with Crippen molar-refractivity contribution in [2.75, 3.05) is 5.33 Å². The van der Waals surface area contributed by atoms with E-state index in [4.69, 9.17) is 0 Å². The highest BCUT2D eigenvalue weighted by Crippen LogP contribution is 2.76. The maximum Gasteiger partial charge on any atom is 0.158 e. The Balaban J connectivity index is 0.000000163. The fourth-order valence-corrected chi connectivity index (χ4v) is 39.2. The predicted octanol–water partition coefficient (Wildman–Crippen LogP) is 30.5. The minimum absolute atomic E-state index is 0. The van der Waals surface area contributed by atoms with Gasteiger partial charge in [-0.1, -0.05) is 156 Å². The van der Waals surface area contributed by atoms with Gasteiger partial charge in [-0.05, 0) is 444 Å². The predicted molar refractivity (Wildman–Crippen MR) is 603 cm³/mol.